The number of fused-ring (bicyclic) bond motifs is 1. The summed E-state index contributed by atoms with van der Waals surface area (Å²) >= 11 is 0. The Morgan fingerprint density at radius 1 is 1.05 bits per heavy atom. The lowest BCUT2D eigenvalue weighted by Gasteiger charge is -2.32. The average molecular weight is 272 g/mol. The Hall–Kier alpha value is -1.35. The van der Waals surface area contributed by atoms with E-state index in [0.717, 1.165) is 39.0 Å². The van der Waals surface area contributed by atoms with E-state index >= 15 is 0 Å². The van der Waals surface area contributed by atoms with Crippen LogP contribution in [0.5, 0.6) is 0 Å². The van der Waals surface area contributed by atoms with E-state index in [1.165, 1.54) is 30.4 Å². The summed E-state index contributed by atoms with van der Waals surface area (Å²) in [5, 5.41) is 3.39. The van der Waals surface area contributed by atoms with Gasteiger partial charge in [0.1, 0.15) is 0 Å². The van der Waals surface area contributed by atoms with Gasteiger partial charge < -0.3 is 10.2 Å². The van der Waals surface area contributed by atoms with E-state index in [1.54, 1.807) is 0 Å². The van der Waals surface area contributed by atoms with Crippen molar-refractivity contribution >= 4 is 5.91 Å². The molecule has 0 saturated carbocycles. The maximum absolute atomic E-state index is 12.9. The van der Waals surface area contributed by atoms with Crippen molar-refractivity contribution in [2.45, 2.75) is 44.6 Å². The molecule has 0 bridgehead atoms. The predicted octanol–water partition coefficient (Wildman–Crippen LogP) is 2.67. The van der Waals surface area contributed by atoms with Crippen molar-refractivity contribution in [3.05, 3.63) is 35.4 Å². The molecule has 0 radical (unpaired) electrons. The molecular formula is C17H24N2O. The van der Waals surface area contributed by atoms with Crippen molar-refractivity contribution in [1.29, 1.82) is 0 Å². The second-order valence-electron chi connectivity index (χ2n) is 5.98. The Morgan fingerprint density at radius 3 is 2.55 bits per heavy atom. The third-order valence-electron chi connectivity index (χ3n) is 4.56. The Labute approximate surface area is 121 Å². The summed E-state index contributed by atoms with van der Waals surface area (Å²) in [6, 6.07) is 8.37. The van der Waals surface area contributed by atoms with Crippen LogP contribution in [0.1, 0.15) is 49.1 Å². The second-order valence-corrected chi connectivity index (χ2v) is 5.98. The first-order valence-electron chi connectivity index (χ1n) is 7.93. The first kappa shape index (κ1) is 13.6. The molecular weight excluding hydrogens is 248 g/mol. The number of rotatable bonds is 1. The van der Waals surface area contributed by atoms with Gasteiger partial charge in [0, 0.05) is 26.2 Å². The SMILES string of the molecule is O=C(C1CNCc2ccccc21)N1CCCCCCC1. The number of likely N-dealkylation sites (tertiary alicyclic amines) is 1. The van der Waals surface area contributed by atoms with Gasteiger partial charge in [-0.15, -0.1) is 0 Å². The molecule has 0 aliphatic carbocycles. The summed E-state index contributed by atoms with van der Waals surface area (Å²) in [5.41, 5.74) is 2.52. The smallest absolute Gasteiger partial charge is 0.231 e. The largest absolute Gasteiger partial charge is 0.342 e. The molecule has 0 spiro atoms. The van der Waals surface area contributed by atoms with Gasteiger partial charge in [0.25, 0.3) is 0 Å². The minimum Gasteiger partial charge on any atom is -0.342 e. The van der Waals surface area contributed by atoms with Gasteiger partial charge in [-0.2, -0.15) is 0 Å². The lowest BCUT2D eigenvalue weighted by molar-refractivity contribution is -0.133. The molecule has 2 aliphatic heterocycles. The lowest BCUT2D eigenvalue weighted by atomic mass is 9.89. The average Bonchev–Trinajstić information content (AvgIpc) is 2.46. The van der Waals surface area contributed by atoms with Crippen molar-refractivity contribution < 1.29 is 4.79 Å². The molecule has 3 heteroatoms. The third-order valence-corrected chi connectivity index (χ3v) is 4.56. The Kier molecular flexibility index (Phi) is 4.36. The van der Waals surface area contributed by atoms with Crippen molar-refractivity contribution in [3.8, 4) is 0 Å². The Balaban J connectivity index is 1.76. The number of hydrogen-bond acceptors (Lipinski definition) is 2. The van der Waals surface area contributed by atoms with Gasteiger partial charge >= 0.3 is 0 Å². The van der Waals surface area contributed by atoms with Crippen LogP contribution in [0.4, 0.5) is 0 Å². The van der Waals surface area contributed by atoms with Crippen LogP contribution in [0.15, 0.2) is 24.3 Å². The molecule has 1 saturated heterocycles. The molecule has 0 aromatic heterocycles. The molecule has 3 nitrogen and oxygen atoms in total. The number of hydrogen-bond donors (Lipinski definition) is 1. The van der Waals surface area contributed by atoms with Crippen molar-refractivity contribution in [2.24, 2.45) is 0 Å². The molecule has 1 atom stereocenters. The predicted molar refractivity (Wildman–Crippen MR) is 80.6 cm³/mol. The van der Waals surface area contributed by atoms with Gasteiger partial charge in [0.15, 0.2) is 0 Å². The number of amides is 1. The highest BCUT2D eigenvalue weighted by molar-refractivity contribution is 5.84. The maximum Gasteiger partial charge on any atom is 0.231 e. The number of nitrogens with one attached hydrogen (secondary N) is 1. The quantitative estimate of drug-likeness (QED) is 0.852. The number of benzene rings is 1. The standard InChI is InChI=1S/C17H24N2O/c20-17(19-10-6-2-1-3-7-11-19)16-13-18-12-14-8-4-5-9-15(14)16/h4-5,8-9,16,18H,1-3,6-7,10-13H2. The topological polar surface area (TPSA) is 32.3 Å². The molecule has 1 fully saturated rings. The monoisotopic (exact) mass is 272 g/mol. The third kappa shape index (κ3) is 2.88. The molecule has 3 rings (SSSR count). The van der Waals surface area contributed by atoms with Crippen LogP contribution in [0, 0.1) is 0 Å². The lowest BCUT2D eigenvalue weighted by Crippen LogP contribution is -2.42. The van der Waals surface area contributed by atoms with Crippen LogP contribution in [0.25, 0.3) is 0 Å². The van der Waals surface area contributed by atoms with Crippen LogP contribution in [-0.2, 0) is 11.3 Å². The second kappa shape index (κ2) is 6.40. The number of carbonyl (C=O) groups excluding carboxylic acids is 1. The van der Waals surface area contributed by atoms with Crippen molar-refractivity contribution in [1.82, 2.24) is 10.2 Å². The van der Waals surface area contributed by atoms with E-state index < -0.39 is 0 Å². The Morgan fingerprint density at radius 2 is 1.75 bits per heavy atom. The molecule has 1 unspecified atom stereocenters. The highest BCUT2D eigenvalue weighted by Gasteiger charge is 2.29. The van der Waals surface area contributed by atoms with Gasteiger partial charge in [-0.1, -0.05) is 43.5 Å². The molecule has 2 heterocycles. The van der Waals surface area contributed by atoms with E-state index in [9.17, 15) is 4.79 Å². The highest BCUT2D eigenvalue weighted by Crippen LogP contribution is 2.26. The molecule has 1 aromatic rings. The van der Waals surface area contributed by atoms with E-state index in [2.05, 4.69) is 34.5 Å². The molecule has 1 amide bonds. The van der Waals surface area contributed by atoms with E-state index in [-0.39, 0.29) is 5.92 Å². The van der Waals surface area contributed by atoms with E-state index in [4.69, 9.17) is 0 Å². The molecule has 108 valence electrons. The minimum atomic E-state index is 0.0133. The zero-order valence-electron chi connectivity index (χ0n) is 12.1. The first-order chi connectivity index (χ1) is 9.86. The minimum absolute atomic E-state index is 0.0133. The van der Waals surface area contributed by atoms with Crippen LogP contribution in [-0.4, -0.2) is 30.4 Å². The normalized spacial score (nSPS) is 23.6. The Bertz CT molecular complexity index is 464. The van der Waals surface area contributed by atoms with Gasteiger partial charge in [-0.25, -0.2) is 0 Å². The zero-order chi connectivity index (χ0) is 13.8. The van der Waals surface area contributed by atoms with Crippen LogP contribution in [0.2, 0.25) is 0 Å². The van der Waals surface area contributed by atoms with Gasteiger partial charge in [0.05, 0.1) is 5.92 Å². The fourth-order valence-electron chi connectivity index (χ4n) is 3.40. The zero-order valence-corrected chi connectivity index (χ0v) is 12.1. The molecule has 2 aliphatic rings. The van der Waals surface area contributed by atoms with E-state index in [0.29, 0.717) is 5.91 Å². The fraction of sp³-hybridized carbons (Fsp3) is 0.588. The summed E-state index contributed by atoms with van der Waals surface area (Å²) in [6.45, 7) is 3.56. The summed E-state index contributed by atoms with van der Waals surface area (Å²) < 4.78 is 0. The summed E-state index contributed by atoms with van der Waals surface area (Å²) in [4.78, 5) is 15.0. The first-order valence-corrected chi connectivity index (χ1v) is 7.93. The molecule has 1 N–H and O–H groups in total. The van der Waals surface area contributed by atoms with Crippen LogP contribution < -0.4 is 5.32 Å². The maximum atomic E-state index is 12.9. The van der Waals surface area contributed by atoms with Crippen LogP contribution >= 0.6 is 0 Å². The van der Waals surface area contributed by atoms with Gasteiger partial charge in [0.2, 0.25) is 5.91 Å². The summed E-state index contributed by atoms with van der Waals surface area (Å²) in [6.07, 6.45) is 6.18. The summed E-state index contributed by atoms with van der Waals surface area (Å²) in [7, 11) is 0. The molecule has 1 aromatic carbocycles. The molecule has 20 heavy (non-hydrogen) atoms. The number of carbonyl (C=O) groups is 1. The highest BCUT2D eigenvalue weighted by atomic mass is 16.2. The van der Waals surface area contributed by atoms with Crippen LogP contribution in [0.3, 0.4) is 0 Å². The van der Waals surface area contributed by atoms with Crippen molar-refractivity contribution in [3.63, 3.8) is 0 Å². The van der Waals surface area contributed by atoms with Gasteiger partial charge in [-0.3, -0.25) is 4.79 Å². The van der Waals surface area contributed by atoms with E-state index in [1.807, 2.05) is 0 Å². The van der Waals surface area contributed by atoms with Crippen molar-refractivity contribution in [2.75, 3.05) is 19.6 Å². The fourth-order valence-corrected chi connectivity index (χ4v) is 3.40. The van der Waals surface area contributed by atoms with Gasteiger partial charge in [-0.05, 0) is 24.0 Å². The number of nitrogens with zero attached hydrogens (tertiary/aromatic N) is 1. The summed E-state index contributed by atoms with van der Waals surface area (Å²) in [5.74, 6) is 0.339.